The van der Waals surface area contributed by atoms with Gasteiger partial charge in [-0.05, 0) is 26.0 Å². The lowest BCUT2D eigenvalue weighted by molar-refractivity contribution is 0.158. The van der Waals surface area contributed by atoms with Crippen LogP contribution in [0.5, 0.6) is 11.5 Å². The highest BCUT2D eigenvalue weighted by Gasteiger charge is 2.07. The number of nitrogens with zero attached hydrogens (tertiary/aromatic N) is 1. The summed E-state index contributed by atoms with van der Waals surface area (Å²) in [6, 6.07) is 5.24. The molecule has 0 heterocycles. The highest BCUT2D eigenvalue weighted by Crippen LogP contribution is 2.30. The van der Waals surface area contributed by atoms with Crippen molar-refractivity contribution in [3.05, 3.63) is 18.2 Å². The molecule has 0 bridgehead atoms. The van der Waals surface area contributed by atoms with Crippen molar-refractivity contribution in [3.63, 3.8) is 0 Å². The van der Waals surface area contributed by atoms with Gasteiger partial charge in [0, 0.05) is 18.3 Å². The van der Waals surface area contributed by atoms with Gasteiger partial charge in [-0.3, -0.25) is 0 Å². The van der Waals surface area contributed by atoms with Crippen molar-refractivity contribution in [2.75, 3.05) is 32.1 Å². The zero-order valence-corrected chi connectivity index (χ0v) is 15.2. The van der Waals surface area contributed by atoms with Crippen LogP contribution in [0.1, 0.15) is 13.8 Å². The van der Waals surface area contributed by atoms with Crippen LogP contribution in [-0.4, -0.2) is 39.2 Å². The molecule has 5 nitrogen and oxygen atoms in total. The molecule has 0 unspecified atom stereocenters. The van der Waals surface area contributed by atoms with Gasteiger partial charge in [-0.1, -0.05) is 0 Å². The minimum absolute atomic E-state index is 0. The average Bonchev–Trinajstić information content (AvgIpc) is 2.46. The maximum Gasteiger partial charge on any atom is 0.257 e. The molecule has 0 atom stereocenters. The second-order valence-electron chi connectivity index (χ2n) is 4.03. The molecule has 1 aromatic carbocycles. The molecule has 0 radical (unpaired) electrons. The van der Waals surface area contributed by atoms with E-state index in [4.69, 9.17) is 9.47 Å². The summed E-state index contributed by atoms with van der Waals surface area (Å²) in [7, 11) is 1.54. The number of guanidine groups is 1. The Hall–Kier alpha value is -1.32. The first-order valence-electron chi connectivity index (χ1n) is 6.75. The number of aliphatic imine (C=N–C) groups is 1. The maximum atomic E-state index is 12.2. The lowest BCUT2D eigenvalue weighted by atomic mass is 10.2. The van der Waals surface area contributed by atoms with Gasteiger partial charge < -0.3 is 20.1 Å². The fourth-order valence-electron chi connectivity index (χ4n) is 1.62. The second-order valence-corrected chi connectivity index (χ2v) is 4.03. The van der Waals surface area contributed by atoms with Gasteiger partial charge in [0.1, 0.15) is 6.54 Å². The second kappa shape index (κ2) is 11.3. The van der Waals surface area contributed by atoms with E-state index in [9.17, 15) is 8.78 Å². The SMILES string of the molecule is CCNC(=NCC(F)F)Nc1ccc(OCC)c(OC)c1.I. The van der Waals surface area contributed by atoms with Crippen LogP contribution in [0.25, 0.3) is 0 Å². The van der Waals surface area contributed by atoms with Crippen molar-refractivity contribution in [3.8, 4) is 11.5 Å². The summed E-state index contributed by atoms with van der Waals surface area (Å²) in [5.74, 6) is 1.48. The molecular weight excluding hydrogens is 407 g/mol. The summed E-state index contributed by atoms with van der Waals surface area (Å²) in [6.45, 7) is 4.29. The molecule has 22 heavy (non-hydrogen) atoms. The normalized spacial score (nSPS) is 10.9. The van der Waals surface area contributed by atoms with Crippen LogP contribution in [0.2, 0.25) is 0 Å². The van der Waals surface area contributed by atoms with Crippen molar-refractivity contribution in [2.24, 2.45) is 4.99 Å². The predicted octanol–water partition coefficient (Wildman–Crippen LogP) is 3.35. The monoisotopic (exact) mass is 429 g/mol. The number of alkyl halides is 2. The zero-order chi connectivity index (χ0) is 15.7. The van der Waals surface area contributed by atoms with Gasteiger partial charge in [-0.25, -0.2) is 13.8 Å². The minimum atomic E-state index is -2.48. The smallest absolute Gasteiger partial charge is 0.257 e. The molecule has 0 saturated carbocycles. The topological polar surface area (TPSA) is 54.9 Å². The summed E-state index contributed by atoms with van der Waals surface area (Å²) in [4.78, 5) is 3.79. The summed E-state index contributed by atoms with van der Waals surface area (Å²) in [5, 5.41) is 5.85. The van der Waals surface area contributed by atoms with Crippen molar-refractivity contribution in [2.45, 2.75) is 20.3 Å². The quantitative estimate of drug-likeness (QED) is 0.397. The van der Waals surface area contributed by atoms with Crippen LogP contribution in [0.3, 0.4) is 0 Å². The Morgan fingerprint density at radius 2 is 2.00 bits per heavy atom. The Morgan fingerprint density at radius 3 is 2.55 bits per heavy atom. The van der Waals surface area contributed by atoms with Gasteiger partial charge in [0.05, 0.1) is 13.7 Å². The number of ether oxygens (including phenoxy) is 2. The summed E-state index contributed by atoms with van der Waals surface area (Å²) < 4.78 is 35.1. The molecule has 126 valence electrons. The number of nitrogens with one attached hydrogen (secondary N) is 2. The van der Waals surface area contributed by atoms with Crippen LogP contribution >= 0.6 is 24.0 Å². The molecule has 0 amide bonds. The van der Waals surface area contributed by atoms with Crippen LogP contribution in [0.4, 0.5) is 14.5 Å². The third-order valence-corrected chi connectivity index (χ3v) is 2.46. The number of benzene rings is 1. The first-order chi connectivity index (χ1) is 10.1. The van der Waals surface area contributed by atoms with Crippen LogP contribution in [-0.2, 0) is 0 Å². The highest BCUT2D eigenvalue weighted by molar-refractivity contribution is 14.0. The van der Waals surface area contributed by atoms with Gasteiger partial charge in [-0.15, -0.1) is 24.0 Å². The molecule has 8 heteroatoms. The van der Waals surface area contributed by atoms with E-state index in [1.54, 1.807) is 18.2 Å². The Labute approximate surface area is 146 Å². The molecule has 0 fully saturated rings. The highest BCUT2D eigenvalue weighted by atomic mass is 127. The standard InChI is InChI=1S/C14H21F2N3O2.HI/c1-4-17-14(18-9-13(15)16)19-10-6-7-11(21-5-2)12(8-10)20-3;/h6-8,13H,4-5,9H2,1-3H3,(H2,17,18,19);1H. The number of anilines is 1. The Balaban J connectivity index is 0.00000441. The largest absolute Gasteiger partial charge is 0.493 e. The fraction of sp³-hybridized carbons (Fsp3) is 0.500. The lowest BCUT2D eigenvalue weighted by Crippen LogP contribution is -2.31. The van der Waals surface area contributed by atoms with Gasteiger partial charge in [0.25, 0.3) is 6.43 Å². The van der Waals surface area contributed by atoms with Crippen molar-refractivity contribution < 1.29 is 18.3 Å². The van der Waals surface area contributed by atoms with Crippen LogP contribution < -0.4 is 20.1 Å². The van der Waals surface area contributed by atoms with E-state index < -0.39 is 13.0 Å². The summed E-state index contributed by atoms with van der Waals surface area (Å²) in [6.07, 6.45) is -2.48. The predicted molar refractivity (Wildman–Crippen MR) is 95.2 cm³/mol. The van der Waals surface area contributed by atoms with Crippen molar-refractivity contribution in [1.82, 2.24) is 5.32 Å². The minimum Gasteiger partial charge on any atom is -0.493 e. The van der Waals surface area contributed by atoms with E-state index in [0.717, 1.165) is 0 Å². The van der Waals surface area contributed by atoms with Gasteiger partial charge >= 0.3 is 0 Å². The lowest BCUT2D eigenvalue weighted by Gasteiger charge is -2.14. The number of halogens is 3. The van der Waals surface area contributed by atoms with E-state index in [0.29, 0.717) is 36.3 Å². The molecule has 0 saturated heterocycles. The zero-order valence-electron chi connectivity index (χ0n) is 12.9. The first-order valence-corrected chi connectivity index (χ1v) is 6.75. The molecule has 0 aliphatic carbocycles. The van der Waals surface area contributed by atoms with E-state index in [1.165, 1.54) is 7.11 Å². The summed E-state index contributed by atoms with van der Waals surface area (Å²) in [5.41, 5.74) is 0.671. The average molecular weight is 429 g/mol. The van der Waals surface area contributed by atoms with E-state index >= 15 is 0 Å². The van der Waals surface area contributed by atoms with Crippen molar-refractivity contribution in [1.29, 1.82) is 0 Å². The van der Waals surface area contributed by atoms with E-state index in [-0.39, 0.29) is 24.0 Å². The number of methoxy groups -OCH3 is 1. The Kier molecular flexibility index (Phi) is 10.6. The number of hydrogen-bond donors (Lipinski definition) is 2. The van der Waals surface area contributed by atoms with Crippen LogP contribution in [0, 0.1) is 0 Å². The molecule has 2 N–H and O–H groups in total. The fourth-order valence-corrected chi connectivity index (χ4v) is 1.62. The van der Waals surface area contributed by atoms with Gasteiger partial charge in [0.15, 0.2) is 17.5 Å². The third kappa shape index (κ3) is 7.10. The molecule has 0 aliphatic rings. The maximum absolute atomic E-state index is 12.2. The van der Waals surface area contributed by atoms with E-state index in [1.807, 2.05) is 13.8 Å². The van der Waals surface area contributed by atoms with Gasteiger partial charge in [0.2, 0.25) is 0 Å². The van der Waals surface area contributed by atoms with Gasteiger partial charge in [-0.2, -0.15) is 0 Å². The Bertz CT molecular complexity index is 473. The first kappa shape index (κ1) is 20.7. The molecule has 1 aromatic rings. The molecule has 0 aliphatic heterocycles. The van der Waals surface area contributed by atoms with Crippen molar-refractivity contribution >= 4 is 35.6 Å². The number of hydrogen-bond acceptors (Lipinski definition) is 3. The Morgan fingerprint density at radius 1 is 1.27 bits per heavy atom. The molecule has 1 rings (SSSR count). The summed E-state index contributed by atoms with van der Waals surface area (Å²) >= 11 is 0. The number of rotatable bonds is 7. The molecular formula is C14H22F2IN3O2. The molecule has 0 aromatic heterocycles. The van der Waals surface area contributed by atoms with E-state index in [2.05, 4.69) is 15.6 Å². The molecule has 0 spiro atoms. The van der Waals surface area contributed by atoms with Crippen LogP contribution in [0.15, 0.2) is 23.2 Å². The third-order valence-electron chi connectivity index (χ3n) is 2.46.